The van der Waals surface area contributed by atoms with Crippen LogP contribution < -0.4 is 0 Å². The van der Waals surface area contributed by atoms with Gasteiger partial charge in [-0.2, -0.15) is 5.10 Å². The van der Waals surface area contributed by atoms with Crippen LogP contribution in [0.25, 0.3) is 16.5 Å². The lowest BCUT2D eigenvalue weighted by Crippen LogP contribution is -2.36. The van der Waals surface area contributed by atoms with Crippen LogP contribution in [0.5, 0.6) is 0 Å². The van der Waals surface area contributed by atoms with Crippen molar-refractivity contribution in [2.75, 3.05) is 33.2 Å². The maximum Gasteiger partial charge on any atom is 0.257 e. The molecule has 0 aromatic carbocycles. The van der Waals surface area contributed by atoms with Gasteiger partial charge in [-0.05, 0) is 36.5 Å². The highest BCUT2D eigenvalue weighted by molar-refractivity contribution is 7.13. The molecule has 7 nitrogen and oxygen atoms in total. The van der Waals surface area contributed by atoms with Crippen molar-refractivity contribution in [1.82, 2.24) is 29.5 Å². The van der Waals surface area contributed by atoms with E-state index in [1.165, 1.54) is 0 Å². The van der Waals surface area contributed by atoms with Crippen molar-refractivity contribution in [1.29, 1.82) is 0 Å². The molecule has 0 bridgehead atoms. The van der Waals surface area contributed by atoms with Crippen LogP contribution in [-0.4, -0.2) is 68.7 Å². The van der Waals surface area contributed by atoms with Gasteiger partial charge in [0.05, 0.1) is 28.0 Å². The first-order chi connectivity index (χ1) is 14.5. The highest BCUT2D eigenvalue weighted by atomic mass is 32.1. The van der Waals surface area contributed by atoms with E-state index in [4.69, 9.17) is 4.98 Å². The molecule has 3 rings (SSSR count). The Morgan fingerprint density at radius 1 is 1.20 bits per heavy atom. The molecule has 0 N–H and O–H groups in total. The Kier molecular flexibility index (Phi) is 7.33. The molecule has 1 amide bonds. The molecule has 3 heterocycles. The van der Waals surface area contributed by atoms with Crippen LogP contribution in [0.2, 0.25) is 0 Å². The van der Waals surface area contributed by atoms with Gasteiger partial charge in [-0.3, -0.25) is 4.79 Å². The fourth-order valence-electron chi connectivity index (χ4n) is 3.39. The standard InChI is InChI=1S/C22H30N6OS/c1-6-27(7-2)13-12-26(5)21(29)17-15-24-28(20(17)16(3)4)22-23-11-10-18(25-22)19-9-8-14-30-19/h8-11,14-16H,6-7,12-13H2,1-5H3. The first-order valence-corrected chi connectivity index (χ1v) is 11.3. The van der Waals surface area contributed by atoms with Gasteiger partial charge in [0.25, 0.3) is 11.9 Å². The minimum atomic E-state index is -0.0217. The summed E-state index contributed by atoms with van der Waals surface area (Å²) in [5, 5.41) is 6.52. The van der Waals surface area contributed by atoms with Gasteiger partial charge in [0.1, 0.15) is 0 Å². The van der Waals surface area contributed by atoms with Crippen LogP contribution >= 0.6 is 11.3 Å². The van der Waals surface area contributed by atoms with E-state index in [1.807, 2.05) is 30.6 Å². The molecule has 30 heavy (non-hydrogen) atoms. The van der Waals surface area contributed by atoms with E-state index in [9.17, 15) is 4.79 Å². The summed E-state index contributed by atoms with van der Waals surface area (Å²) in [5.41, 5.74) is 2.29. The highest BCUT2D eigenvalue weighted by Gasteiger charge is 2.24. The molecule has 0 atom stereocenters. The van der Waals surface area contributed by atoms with Gasteiger partial charge in [0, 0.05) is 26.3 Å². The predicted molar refractivity (Wildman–Crippen MR) is 121 cm³/mol. The largest absolute Gasteiger partial charge is 0.340 e. The normalized spacial score (nSPS) is 11.4. The zero-order chi connectivity index (χ0) is 21.7. The van der Waals surface area contributed by atoms with E-state index < -0.39 is 0 Å². The van der Waals surface area contributed by atoms with Crippen molar-refractivity contribution in [3.8, 4) is 16.5 Å². The third-order valence-electron chi connectivity index (χ3n) is 5.18. The van der Waals surface area contributed by atoms with Gasteiger partial charge in [-0.25, -0.2) is 14.6 Å². The SMILES string of the molecule is CCN(CC)CCN(C)C(=O)c1cnn(-c2nccc(-c3cccs3)n2)c1C(C)C. The number of hydrogen-bond donors (Lipinski definition) is 0. The van der Waals surface area contributed by atoms with Crippen LogP contribution in [0.1, 0.15) is 49.7 Å². The lowest BCUT2D eigenvalue weighted by Gasteiger charge is -2.23. The van der Waals surface area contributed by atoms with Crippen molar-refractivity contribution >= 4 is 17.2 Å². The second-order valence-electron chi connectivity index (χ2n) is 7.48. The average molecular weight is 427 g/mol. The molecule has 0 unspecified atom stereocenters. The topological polar surface area (TPSA) is 67.2 Å². The van der Waals surface area contributed by atoms with E-state index >= 15 is 0 Å². The summed E-state index contributed by atoms with van der Waals surface area (Å²) in [4.78, 5) is 27.4. The third kappa shape index (κ3) is 4.76. The molecule has 0 aliphatic carbocycles. The smallest absolute Gasteiger partial charge is 0.257 e. The van der Waals surface area contributed by atoms with E-state index in [0.29, 0.717) is 18.1 Å². The zero-order valence-electron chi connectivity index (χ0n) is 18.4. The number of hydrogen-bond acceptors (Lipinski definition) is 6. The van der Waals surface area contributed by atoms with Crippen LogP contribution in [0.4, 0.5) is 0 Å². The van der Waals surface area contributed by atoms with Crippen molar-refractivity contribution in [2.45, 2.75) is 33.6 Å². The summed E-state index contributed by atoms with van der Waals surface area (Å²) < 4.78 is 1.70. The van der Waals surface area contributed by atoms with Gasteiger partial charge in [-0.15, -0.1) is 11.3 Å². The lowest BCUT2D eigenvalue weighted by molar-refractivity contribution is 0.0778. The molecule has 160 valence electrons. The van der Waals surface area contributed by atoms with Gasteiger partial charge >= 0.3 is 0 Å². The van der Waals surface area contributed by atoms with E-state index in [1.54, 1.807) is 33.3 Å². The summed E-state index contributed by atoms with van der Waals surface area (Å²) in [6.07, 6.45) is 3.38. The van der Waals surface area contributed by atoms with Crippen LogP contribution in [0, 0.1) is 0 Å². The maximum atomic E-state index is 13.2. The maximum absolute atomic E-state index is 13.2. The van der Waals surface area contributed by atoms with Gasteiger partial charge in [0.2, 0.25) is 0 Å². The molecule has 3 aromatic rings. The van der Waals surface area contributed by atoms with Crippen molar-refractivity contribution in [3.63, 3.8) is 0 Å². The summed E-state index contributed by atoms with van der Waals surface area (Å²) in [6.45, 7) is 11.9. The summed E-state index contributed by atoms with van der Waals surface area (Å²) >= 11 is 1.63. The number of thiophene rings is 1. The fraction of sp³-hybridized carbons (Fsp3) is 0.455. The average Bonchev–Trinajstić information content (AvgIpc) is 3.44. The number of likely N-dealkylation sites (N-methyl/N-ethyl adjacent to an activating group) is 2. The van der Waals surface area contributed by atoms with E-state index in [0.717, 1.165) is 35.9 Å². The summed E-state index contributed by atoms with van der Waals surface area (Å²) in [7, 11) is 1.85. The Labute approximate surface area is 182 Å². The Hall–Kier alpha value is -2.58. The second kappa shape index (κ2) is 9.95. The molecule has 8 heteroatoms. The monoisotopic (exact) mass is 426 g/mol. The first kappa shape index (κ1) is 22.1. The molecule has 0 aliphatic heterocycles. The fourth-order valence-corrected chi connectivity index (χ4v) is 4.08. The van der Waals surface area contributed by atoms with E-state index in [-0.39, 0.29) is 11.8 Å². The lowest BCUT2D eigenvalue weighted by atomic mass is 10.1. The van der Waals surface area contributed by atoms with E-state index in [2.05, 4.69) is 42.7 Å². The molecule has 0 saturated carbocycles. The highest BCUT2D eigenvalue weighted by Crippen LogP contribution is 2.25. The number of aromatic nitrogens is 4. The molecule has 0 aliphatic rings. The Morgan fingerprint density at radius 3 is 2.60 bits per heavy atom. The van der Waals surface area contributed by atoms with Crippen LogP contribution in [-0.2, 0) is 0 Å². The molecule has 0 spiro atoms. The summed E-state index contributed by atoms with van der Waals surface area (Å²) in [6, 6.07) is 5.92. The van der Waals surface area contributed by atoms with Crippen molar-refractivity contribution in [2.24, 2.45) is 0 Å². The quantitative estimate of drug-likeness (QED) is 0.519. The molecular formula is C22H30N6OS. The third-order valence-corrected chi connectivity index (χ3v) is 6.07. The second-order valence-corrected chi connectivity index (χ2v) is 8.43. The van der Waals surface area contributed by atoms with Gasteiger partial charge < -0.3 is 9.80 Å². The Balaban J connectivity index is 1.89. The number of nitrogens with zero attached hydrogens (tertiary/aromatic N) is 6. The first-order valence-electron chi connectivity index (χ1n) is 10.4. The molecule has 0 fully saturated rings. The molecule has 0 radical (unpaired) electrons. The minimum absolute atomic E-state index is 0.0217. The Bertz CT molecular complexity index is 962. The van der Waals surface area contributed by atoms with Crippen LogP contribution in [0.3, 0.4) is 0 Å². The van der Waals surface area contributed by atoms with Crippen molar-refractivity contribution < 1.29 is 4.79 Å². The minimum Gasteiger partial charge on any atom is -0.340 e. The van der Waals surface area contributed by atoms with Gasteiger partial charge in [0.15, 0.2) is 0 Å². The Morgan fingerprint density at radius 2 is 1.97 bits per heavy atom. The number of carbonyl (C=O) groups is 1. The predicted octanol–water partition coefficient (Wildman–Crippen LogP) is 3.93. The van der Waals surface area contributed by atoms with Crippen LogP contribution in [0.15, 0.2) is 36.0 Å². The number of rotatable bonds is 9. The number of carbonyl (C=O) groups excluding carboxylic acids is 1. The summed E-state index contributed by atoms with van der Waals surface area (Å²) in [5.74, 6) is 0.553. The number of amides is 1. The van der Waals surface area contributed by atoms with Gasteiger partial charge in [-0.1, -0.05) is 33.8 Å². The molecule has 3 aromatic heterocycles. The zero-order valence-corrected chi connectivity index (χ0v) is 19.2. The van der Waals surface area contributed by atoms with Crippen molar-refractivity contribution in [3.05, 3.63) is 47.2 Å². The molecular weight excluding hydrogens is 396 g/mol. The molecule has 0 saturated heterocycles.